The molecule has 6 heteroatoms. The van der Waals surface area contributed by atoms with Crippen LogP contribution in [0.25, 0.3) is 0 Å². The van der Waals surface area contributed by atoms with Gasteiger partial charge in [0.1, 0.15) is 0 Å². The Labute approximate surface area is 123 Å². The fraction of sp³-hybridized carbons (Fsp3) is 0.467. The first kappa shape index (κ1) is 15.5. The predicted octanol–water partition coefficient (Wildman–Crippen LogP) is -0.734. The van der Waals surface area contributed by atoms with E-state index in [9.17, 15) is 14.7 Å². The summed E-state index contributed by atoms with van der Waals surface area (Å²) in [5.74, 6) is -0.657. The number of nitrogens with one attached hydrogen (secondary N) is 1. The Balaban J connectivity index is 1.75. The van der Waals surface area contributed by atoms with Crippen molar-refractivity contribution < 1.29 is 14.7 Å². The van der Waals surface area contributed by atoms with E-state index in [-0.39, 0.29) is 12.5 Å². The molecule has 0 radical (unpaired) electrons. The van der Waals surface area contributed by atoms with Crippen molar-refractivity contribution in [3.8, 4) is 0 Å². The normalized spacial score (nSPS) is 22.1. The Morgan fingerprint density at radius 2 is 2.05 bits per heavy atom. The summed E-state index contributed by atoms with van der Waals surface area (Å²) in [5, 5.41) is 12.4. The van der Waals surface area contributed by atoms with Gasteiger partial charge < -0.3 is 16.2 Å². The van der Waals surface area contributed by atoms with Crippen LogP contribution in [0.5, 0.6) is 0 Å². The number of hydrogen-bond donors (Lipinski definition) is 3. The van der Waals surface area contributed by atoms with Crippen molar-refractivity contribution in [2.45, 2.75) is 25.0 Å². The zero-order valence-corrected chi connectivity index (χ0v) is 11.9. The van der Waals surface area contributed by atoms with E-state index in [4.69, 9.17) is 5.73 Å². The van der Waals surface area contributed by atoms with Crippen molar-refractivity contribution >= 4 is 11.8 Å². The van der Waals surface area contributed by atoms with Gasteiger partial charge in [-0.2, -0.15) is 0 Å². The van der Waals surface area contributed by atoms with Crippen molar-refractivity contribution in [1.82, 2.24) is 10.2 Å². The highest BCUT2D eigenvalue weighted by Crippen LogP contribution is 2.16. The average Bonchev–Trinajstić information content (AvgIpc) is 2.81. The lowest BCUT2D eigenvalue weighted by atomic mass is 10.1. The summed E-state index contributed by atoms with van der Waals surface area (Å²) >= 11 is 0. The summed E-state index contributed by atoms with van der Waals surface area (Å²) in [6.07, 6.45) is 0.459. The molecule has 0 bridgehead atoms. The number of likely N-dealkylation sites (tertiary alicyclic amines) is 1. The average molecular weight is 291 g/mol. The maximum Gasteiger partial charge on any atom is 0.234 e. The Hall–Kier alpha value is -1.92. The molecule has 4 N–H and O–H groups in total. The lowest BCUT2D eigenvalue weighted by molar-refractivity contribution is -0.125. The van der Waals surface area contributed by atoms with Crippen LogP contribution in [-0.2, 0) is 16.0 Å². The third-order valence-corrected chi connectivity index (χ3v) is 3.64. The zero-order valence-electron chi connectivity index (χ0n) is 11.9. The molecule has 2 rings (SSSR count). The van der Waals surface area contributed by atoms with E-state index in [1.807, 2.05) is 30.3 Å². The molecular formula is C15H21N3O3. The number of aliphatic hydroxyl groups is 1. The minimum atomic E-state index is -0.598. The molecule has 1 aromatic carbocycles. The number of benzene rings is 1. The van der Waals surface area contributed by atoms with Crippen LogP contribution in [0.3, 0.4) is 0 Å². The molecule has 6 nitrogen and oxygen atoms in total. The van der Waals surface area contributed by atoms with Gasteiger partial charge in [0, 0.05) is 13.1 Å². The molecule has 0 spiro atoms. The first-order valence-corrected chi connectivity index (χ1v) is 7.08. The smallest absolute Gasteiger partial charge is 0.234 e. The third-order valence-electron chi connectivity index (χ3n) is 3.64. The van der Waals surface area contributed by atoms with Gasteiger partial charge in [0.2, 0.25) is 11.8 Å². The first-order chi connectivity index (χ1) is 10.1. The van der Waals surface area contributed by atoms with Gasteiger partial charge in [-0.25, -0.2) is 0 Å². The number of nitrogens with two attached hydrogens (primary N) is 1. The molecule has 1 heterocycles. The fourth-order valence-corrected chi connectivity index (χ4v) is 2.58. The van der Waals surface area contributed by atoms with Crippen molar-refractivity contribution in [1.29, 1.82) is 0 Å². The molecule has 1 aliphatic heterocycles. The molecule has 0 unspecified atom stereocenters. The van der Waals surface area contributed by atoms with Gasteiger partial charge in [-0.05, 0) is 18.4 Å². The Morgan fingerprint density at radius 1 is 1.33 bits per heavy atom. The van der Waals surface area contributed by atoms with Crippen LogP contribution >= 0.6 is 0 Å². The highest BCUT2D eigenvalue weighted by molar-refractivity contribution is 5.82. The molecule has 2 atom stereocenters. The summed E-state index contributed by atoms with van der Waals surface area (Å²) in [6.45, 7) is 0.930. The minimum Gasteiger partial charge on any atom is -0.392 e. The van der Waals surface area contributed by atoms with Gasteiger partial charge in [0.05, 0.1) is 18.7 Å². The molecular weight excluding hydrogens is 270 g/mol. The van der Waals surface area contributed by atoms with Gasteiger partial charge in [-0.15, -0.1) is 0 Å². The maximum atomic E-state index is 11.9. The van der Waals surface area contributed by atoms with Gasteiger partial charge in [-0.1, -0.05) is 30.3 Å². The standard InChI is InChI=1S/C15H21N3O3/c16-15(21)13-8-12(19)9-18(13)10-14(20)17-7-6-11-4-2-1-3-5-11/h1-5,12-13,19H,6-10H2,(H2,16,21)(H,17,20)/t12-,13+/m1/s1. The lowest BCUT2D eigenvalue weighted by Gasteiger charge is -2.20. The number of amides is 2. The van der Waals surface area contributed by atoms with Crippen LogP contribution in [-0.4, -0.2) is 53.6 Å². The molecule has 21 heavy (non-hydrogen) atoms. The van der Waals surface area contributed by atoms with Crippen LogP contribution in [0, 0.1) is 0 Å². The summed E-state index contributed by atoms with van der Waals surface area (Å²) in [4.78, 5) is 24.8. The fourth-order valence-electron chi connectivity index (χ4n) is 2.58. The number of β-amino-alcohol motifs (C(OH)–C–C–N with tert-alkyl or cyclic N) is 1. The highest BCUT2D eigenvalue weighted by atomic mass is 16.3. The van der Waals surface area contributed by atoms with E-state index < -0.39 is 18.1 Å². The number of aliphatic hydroxyl groups excluding tert-OH is 1. The van der Waals surface area contributed by atoms with E-state index in [0.717, 1.165) is 12.0 Å². The minimum absolute atomic E-state index is 0.0828. The molecule has 1 aliphatic rings. The second-order valence-electron chi connectivity index (χ2n) is 5.32. The maximum absolute atomic E-state index is 11.9. The van der Waals surface area contributed by atoms with Crippen molar-refractivity contribution in [3.63, 3.8) is 0 Å². The Morgan fingerprint density at radius 3 is 2.71 bits per heavy atom. The van der Waals surface area contributed by atoms with Crippen LogP contribution in [0.4, 0.5) is 0 Å². The molecule has 0 aromatic heterocycles. The number of rotatable bonds is 6. The zero-order chi connectivity index (χ0) is 15.2. The summed E-state index contributed by atoms with van der Waals surface area (Å²) in [7, 11) is 0. The van der Waals surface area contributed by atoms with Gasteiger partial charge in [-0.3, -0.25) is 14.5 Å². The molecule has 1 aromatic rings. The van der Waals surface area contributed by atoms with Gasteiger partial charge in [0.15, 0.2) is 0 Å². The van der Waals surface area contributed by atoms with Gasteiger partial charge in [0.25, 0.3) is 0 Å². The van der Waals surface area contributed by atoms with E-state index in [1.54, 1.807) is 4.90 Å². The predicted molar refractivity (Wildman–Crippen MR) is 78.3 cm³/mol. The number of carbonyl (C=O) groups excluding carboxylic acids is 2. The monoisotopic (exact) mass is 291 g/mol. The number of hydrogen-bond acceptors (Lipinski definition) is 4. The van der Waals surface area contributed by atoms with E-state index >= 15 is 0 Å². The second kappa shape index (κ2) is 7.19. The third kappa shape index (κ3) is 4.54. The summed E-state index contributed by atoms with van der Waals surface area (Å²) in [6, 6.07) is 9.32. The Bertz CT molecular complexity index is 492. The SMILES string of the molecule is NC(=O)[C@@H]1C[C@@H](O)CN1CC(=O)NCCc1ccccc1. The largest absolute Gasteiger partial charge is 0.392 e. The molecule has 0 saturated carbocycles. The molecule has 114 valence electrons. The quantitative estimate of drug-likeness (QED) is 0.643. The number of carbonyl (C=O) groups is 2. The van der Waals surface area contributed by atoms with Crippen LogP contribution in [0.2, 0.25) is 0 Å². The van der Waals surface area contributed by atoms with E-state index in [2.05, 4.69) is 5.32 Å². The van der Waals surface area contributed by atoms with E-state index in [1.165, 1.54) is 0 Å². The lowest BCUT2D eigenvalue weighted by Crippen LogP contribution is -2.45. The topological polar surface area (TPSA) is 95.7 Å². The van der Waals surface area contributed by atoms with Crippen LogP contribution < -0.4 is 11.1 Å². The van der Waals surface area contributed by atoms with Crippen molar-refractivity contribution in [2.24, 2.45) is 5.73 Å². The van der Waals surface area contributed by atoms with Crippen LogP contribution in [0.1, 0.15) is 12.0 Å². The van der Waals surface area contributed by atoms with Crippen molar-refractivity contribution in [3.05, 3.63) is 35.9 Å². The second-order valence-corrected chi connectivity index (χ2v) is 5.32. The number of nitrogens with zero attached hydrogens (tertiary/aromatic N) is 1. The molecule has 1 saturated heterocycles. The molecule has 0 aliphatic carbocycles. The number of primary amides is 1. The van der Waals surface area contributed by atoms with Crippen LogP contribution in [0.15, 0.2) is 30.3 Å². The van der Waals surface area contributed by atoms with Crippen molar-refractivity contribution in [2.75, 3.05) is 19.6 Å². The Kier molecular flexibility index (Phi) is 5.30. The first-order valence-electron chi connectivity index (χ1n) is 7.08. The summed E-state index contributed by atoms with van der Waals surface area (Å²) < 4.78 is 0. The molecule has 1 fully saturated rings. The van der Waals surface area contributed by atoms with E-state index in [0.29, 0.717) is 19.5 Å². The van der Waals surface area contributed by atoms with Gasteiger partial charge >= 0.3 is 0 Å². The summed E-state index contributed by atoms with van der Waals surface area (Å²) in [5.41, 5.74) is 6.44. The molecule has 2 amide bonds. The highest BCUT2D eigenvalue weighted by Gasteiger charge is 2.35.